The standard InChI is InChI=1S/C67H129N2O7P/c1-7-10-13-16-19-22-25-28-30-31-32-33-34-35-36-37-39-41-44-47-50-53-56-59-66(70)68-64(63-75-77(72,73)74-62-61-69(4,5)6)65(58-55-52-49-46-43-40-27-24-21-18-15-12-9-3)76-67(71)60-57-54-51-48-45-42-38-29-26-23-20-17-14-11-8-2/h20,23,26,29,55,58,64-65H,7-19,21-22,24-25,27-28,30-54,56-57,59-63H2,1-6H3,(H-,68,70,72,73)/p+1/b23-20+,29-26+,58-55-. The van der Waals surface area contributed by atoms with Crippen molar-refractivity contribution in [3.63, 3.8) is 0 Å². The number of phosphoric ester groups is 1. The first-order valence-electron chi connectivity index (χ1n) is 33.3. The number of hydrogen-bond donors (Lipinski definition) is 2. The fourth-order valence-electron chi connectivity index (χ4n) is 9.93. The normalized spacial score (nSPS) is 13.8. The molecule has 454 valence electrons. The van der Waals surface area contributed by atoms with Gasteiger partial charge in [-0.3, -0.25) is 18.6 Å². The number of quaternary nitrogens is 1. The molecule has 0 aliphatic carbocycles. The van der Waals surface area contributed by atoms with E-state index in [-0.39, 0.29) is 31.5 Å². The van der Waals surface area contributed by atoms with Crippen LogP contribution in [0.5, 0.6) is 0 Å². The molecule has 10 heteroatoms. The number of phosphoric acid groups is 1. The van der Waals surface area contributed by atoms with Gasteiger partial charge in [0.25, 0.3) is 0 Å². The molecule has 0 aromatic rings. The second-order valence-electron chi connectivity index (χ2n) is 24.0. The third-order valence-corrected chi connectivity index (χ3v) is 16.1. The maximum absolute atomic E-state index is 13.6. The number of carbonyl (C=O) groups excluding carboxylic acids is 2. The topological polar surface area (TPSA) is 111 Å². The lowest BCUT2D eigenvalue weighted by Crippen LogP contribution is -2.47. The zero-order chi connectivity index (χ0) is 56.4. The number of esters is 1. The number of nitrogens with zero attached hydrogens (tertiary/aromatic N) is 1. The van der Waals surface area contributed by atoms with Crippen molar-refractivity contribution in [3.05, 3.63) is 36.5 Å². The first-order chi connectivity index (χ1) is 37.4. The van der Waals surface area contributed by atoms with E-state index in [0.717, 1.165) is 77.0 Å². The third kappa shape index (κ3) is 58.7. The van der Waals surface area contributed by atoms with E-state index in [1.165, 1.54) is 218 Å². The Labute approximate surface area is 478 Å². The van der Waals surface area contributed by atoms with Crippen molar-refractivity contribution >= 4 is 19.7 Å². The van der Waals surface area contributed by atoms with E-state index in [0.29, 0.717) is 17.4 Å². The molecule has 0 aliphatic heterocycles. The number of allylic oxidation sites excluding steroid dienone is 5. The largest absolute Gasteiger partial charge is 0.472 e. The van der Waals surface area contributed by atoms with Crippen molar-refractivity contribution in [2.75, 3.05) is 40.9 Å². The predicted molar refractivity (Wildman–Crippen MR) is 332 cm³/mol. The van der Waals surface area contributed by atoms with Gasteiger partial charge in [0, 0.05) is 12.8 Å². The summed E-state index contributed by atoms with van der Waals surface area (Å²) in [5, 5.41) is 3.07. The fourth-order valence-corrected chi connectivity index (χ4v) is 10.7. The average Bonchev–Trinajstić information content (AvgIpc) is 3.39. The highest BCUT2D eigenvalue weighted by Gasteiger charge is 2.30. The molecule has 9 nitrogen and oxygen atoms in total. The number of amides is 1. The van der Waals surface area contributed by atoms with Gasteiger partial charge in [0.1, 0.15) is 19.3 Å². The molecule has 3 atom stereocenters. The molecular weight excluding hydrogens is 976 g/mol. The van der Waals surface area contributed by atoms with Gasteiger partial charge in [-0.15, -0.1) is 0 Å². The Morgan fingerprint density at radius 2 is 0.779 bits per heavy atom. The second kappa shape index (κ2) is 57.5. The van der Waals surface area contributed by atoms with Crippen LogP contribution in [0.3, 0.4) is 0 Å². The molecular formula is C67H130N2O7P+. The third-order valence-electron chi connectivity index (χ3n) is 15.1. The summed E-state index contributed by atoms with van der Waals surface area (Å²) in [6.07, 6.45) is 70.0. The van der Waals surface area contributed by atoms with Crippen molar-refractivity contribution in [2.45, 2.75) is 341 Å². The molecule has 0 aromatic carbocycles. The van der Waals surface area contributed by atoms with Crippen LogP contribution in [0.25, 0.3) is 0 Å². The molecule has 0 spiro atoms. The van der Waals surface area contributed by atoms with Crippen molar-refractivity contribution in [2.24, 2.45) is 0 Å². The Morgan fingerprint density at radius 1 is 0.455 bits per heavy atom. The Hall–Kier alpha value is -1.77. The van der Waals surface area contributed by atoms with E-state index in [1.807, 2.05) is 33.3 Å². The molecule has 0 saturated heterocycles. The Bertz CT molecular complexity index is 1410. The lowest BCUT2D eigenvalue weighted by Gasteiger charge is -2.27. The highest BCUT2D eigenvalue weighted by Crippen LogP contribution is 2.43. The zero-order valence-corrected chi connectivity index (χ0v) is 52.9. The van der Waals surface area contributed by atoms with Gasteiger partial charge in [-0.2, -0.15) is 0 Å². The molecule has 0 heterocycles. The van der Waals surface area contributed by atoms with Crippen molar-refractivity contribution < 1.29 is 37.3 Å². The number of unbranched alkanes of at least 4 members (excludes halogenated alkanes) is 42. The molecule has 1 amide bonds. The van der Waals surface area contributed by atoms with Crippen molar-refractivity contribution in [1.82, 2.24) is 5.32 Å². The zero-order valence-electron chi connectivity index (χ0n) is 52.0. The number of likely N-dealkylation sites (N-methyl/N-ethyl adjacent to an activating group) is 1. The minimum Gasteiger partial charge on any atom is -0.456 e. The summed E-state index contributed by atoms with van der Waals surface area (Å²) in [4.78, 5) is 37.8. The summed E-state index contributed by atoms with van der Waals surface area (Å²) < 4.78 is 30.8. The second-order valence-corrected chi connectivity index (χ2v) is 25.5. The summed E-state index contributed by atoms with van der Waals surface area (Å²) in [6, 6.07) is -0.849. The van der Waals surface area contributed by atoms with E-state index < -0.39 is 20.0 Å². The van der Waals surface area contributed by atoms with Crippen LogP contribution in [0.15, 0.2) is 36.5 Å². The minimum absolute atomic E-state index is 0.0407. The van der Waals surface area contributed by atoms with E-state index in [1.54, 1.807) is 0 Å². The number of carbonyl (C=O) groups is 2. The first-order valence-corrected chi connectivity index (χ1v) is 34.8. The van der Waals surface area contributed by atoms with Crippen molar-refractivity contribution in [1.29, 1.82) is 0 Å². The van der Waals surface area contributed by atoms with Gasteiger partial charge in [0.15, 0.2) is 0 Å². The van der Waals surface area contributed by atoms with Gasteiger partial charge in [-0.05, 0) is 57.4 Å². The van der Waals surface area contributed by atoms with Crippen LogP contribution >= 0.6 is 7.82 Å². The van der Waals surface area contributed by atoms with Gasteiger partial charge in [0.2, 0.25) is 5.91 Å². The molecule has 0 saturated carbocycles. The maximum Gasteiger partial charge on any atom is 0.472 e. The molecule has 2 N–H and O–H groups in total. The van der Waals surface area contributed by atoms with Crippen LogP contribution in [-0.2, 0) is 27.9 Å². The summed E-state index contributed by atoms with van der Waals surface area (Å²) >= 11 is 0. The Morgan fingerprint density at radius 3 is 1.17 bits per heavy atom. The van der Waals surface area contributed by atoms with Crippen LogP contribution in [0, 0.1) is 0 Å². The van der Waals surface area contributed by atoms with Crippen LogP contribution in [0.1, 0.15) is 329 Å². The minimum atomic E-state index is -4.45. The molecule has 3 unspecified atom stereocenters. The first kappa shape index (κ1) is 75.2. The van der Waals surface area contributed by atoms with Gasteiger partial charge in [-0.1, -0.05) is 295 Å². The summed E-state index contributed by atoms with van der Waals surface area (Å²) in [6.45, 7) is 7.02. The highest BCUT2D eigenvalue weighted by atomic mass is 31.2. The highest BCUT2D eigenvalue weighted by molar-refractivity contribution is 7.47. The monoisotopic (exact) mass is 1110 g/mol. The summed E-state index contributed by atoms with van der Waals surface area (Å²) in [5.41, 5.74) is 0. The lowest BCUT2D eigenvalue weighted by molar-refractivity contribution is -0.870. The molecule has 0 radical (unpaired) electrons. The smallest absolute Gasteiger partial charge is 0.456 e. The number of rotatable bonds is 61. The van der Waals surface area contributed by atoms with Crippen LogP contribution < -0.4 is 5.32 Å². The van der Waals surface area contributed by atoms with E-state index in [4.69, 9.17) is 13.8 Å². The predicted octanol–water partition coefficient (Wildman–Crippen LogP) is 20.7. The van der Waals surface area contributed by atoms with E-state index >= 15 is 0 Å². The van der Waals surface area contributed by atoms with Crippen LogP contribution in [0.2, 0.25) is 0 Å². The number of nitrogens with one attached hydrogen (secondary N) is 1. The molecule has 0 rings (SSSR count). The fraction of sp³-hybridized carbons (Fsp3) is 0.881. The average molecular weight is 1110 g/mol. The van der Waals surface area contributed by atoms with Crippen LogP contribution in [-0.4, -0.2) is 74.3 Å². The lowest BCUT2D eigenvalue weighted by atomic mass is 10.0. The molecule has 0 aromatic heterocycles. The Kier molecular flexibility index (Phi) is 56.1. The molecule has 77 heavy (non-hydrogen) atoms. The number of hydrogen-bond acceptors (Lipinski definition) is 6. The molecule has 0 fully saturated rings. The Balaban J connectivity index is 5.13. The SMILES string of the molecule is CCCCC/C=C/C=C/CCCCCCCCC(=O)OC(/C=C\CCCCCCCCCCCCC)C(COP(=O)(O)OCC[N+](C)(C)C)NC(=O)CCCCCCCCCCCCCCCCCCCCCCCCC. The van der Waals surface area contributed by atoms with Gasteiger partial charge in [0.05, 0.1) is 33.8 Å². The van der Waals surface area contributed by atoms with E-state index in [2.05, 4.69) is 50.4 Å². The summed E-state index contributed by atoms with van der Waals surface area (Å²) in [5.74, 6) is -0.502. The van der Waals surface area contributed by atoms with Crippen molar-refractivity contribution in [3.8, 4) is 0 Å². The van der Waals surface area contributed by atoms with Gasteiger partial charge < -0.3 is 19.4 Å². The quantitative estimate of drug-likeness (QED) is 0.0156. The van der Waals surface area contributed by atoms with Gasteiger partial charge in [-0.25, -0.2) is 4.57 Å². The summed E-state index contributed by atoms with van der Waals surface area (Å²) in [7, 11) is 1.50. The van der Waals surface area contributed by atoms with E-state index in [9.17, 15) is 19.0 Å². The molecule has 0 bridgehead atoms. The number of ether oxygens (including phenoxy) is 1. The maximum atomic E-state index is 13.6. The van der Waals surface area contributed by atoms with Gasteiger partial charge >= 0.3 is 13.8 Å². The molecule has 0 aliphatic rings. The van der Waals surface area contributed by atoms with Crippen LogP contribution in [0.4, 0.5) is 0 Å².